The van der Waals surface area contributed by atoms with Gasteiger partial charge in [-0.15, -0.1) is 0 Å². The maximum absolute atomic E-state index is 5.19. The summed E-state index contributed by atoms with van der Waals surface area (Å²) in [4.78, 5) is 3.97. The molecule has 5 nitrogen and oxygen atoms in total. The molecule has 1 aliphatic rings. The monoisotopic (exact) mass is 169 g/mol. The molecule has 0 aromatic carbocycles. The number of methoxy groups -OCH3 is 1. The minimum Gasteiger partial charge on any atom is -0.380 e. The van der Waals surface area contributed by atoms with Crippen molar-refractivity contribution in [3.63, 3.8) is 0 Å². The Morgan fingerprint density at radius 1 is 1.75 bits per heavy atom. The molecule has 1 fully saturated rings. The SMILES string of the molecule is CO[C@@H]1CN[C@@H](c2ncno2)C1. The van der Waals surface area contributed by atoms with Crippen molar-refractivity contribution in [2.75, 3.05) is 13.7 Å². The highest BCUT2D eigenvalue weighted by Crippen LogP contribution is 2.22. The fraction of sp³-hybridized carbons (Fsp3) is 0.714. The molecule has 1 aliphatic heterocycles. The van der Waals surface area contributed by atoms with Crippen molar-refractivity contribution in [1.29, 1.82) is 0 Å². The first kappa shape index (κ1) is 7.70. The molecule has 0 amide bonds. The minimum absolute atomic E-state index is 0.164. The third-order valence-corrected chi connectivity index (χ3v) is 2.10. The van der Waals surface area contributed by atoms with E-state index in [0.29, 0.717) is 5.89 Å². The van der Waals surface area contributed by atoms with E-state index in [1.165, 1.54) is 6.33 Å². The Balaban J connectivity index is 2.00. The number of aromatic nitrogens is 2. The average molecular weight is 169 g/mol. The molecule has 1 N–H and O–H groups in total. The van der Waals surface area contributed by atoms with Crippen LogP contribution in [0, 0.1) is 0 Å². The summed E-state index contributed by atoms with van der Waals surface area (Å²) < 4.78 is 10.1. The zero-order chi connectivity index (χ0) is 8.39. The van der Waals surface area contributed by atoms with Crippen LogP contribution in [0.2, 0.25) is 0 Å². The normalized spacial score (nSPS) is 29.4. The fourth-order valence-corrected chi connectivity index (χ4v) is 1.41. The molecule has 66 valence electrons. The molecule has 2 rings (SSSR count). The minimum atomic E-state index is 0.164. The first-order chi connectivity index (χ1) is 5.90. The van der Waals surface area contributed by atoms with Gasteiger partial charge in [-0.2, -0.15) is 4.98 Å². The van der Waals surface area contributed by atoms with Crippen molar-refractivity contribution < 1.29 is 9.26 Å². The zero-order valence-corrected chi connectivity index (χ0v) is 6.86. The maximum atomic E-state index is 5.19. The summed E-state index contributed by atoms with van der Waals surface area (Å²) in [6.45, 7) is 0.851. The van der Waals surface area contributed by atoms with Gasteiger partial charge < -0.3 is 14.6 Å². The van der Waals surface area contributed by atoms with Crippen LogP contribution >= 0.6 is 0 Å². The van der Waals surface area contributed by atoms with Crippen LogP contribution in [0.25, 0.3) is 0 Å². The number of rotatable bonds is 2. The molecule has 0 spiro atoms. The van der Waals surface area contributed by atoms with Crippen molar-refractivity contribution in [3.8, 4) is 0 Å². The number of hydrogen-bond acceptors (Lipinski definition) is 5. The molecule has 0 aliphatic carbocycles. The summed E-state index contributed by atoms with van der Waals surface area (Å²) in [5, 5.41) is 6.79. The van der Waals surface area contributed by atoms with Crippen LogP contribution in [-0.4, -0.2) is 29.9 Å². The van der Waals surface area contributed by atoms with Crippen molar-refractivity contribution >= 4 is 0 Å². The summed E-state index contributed by atoms with van der Waals surface area (Å²) in [7, 11) is 1.71. The lowest BCUT2D eigenvalue weighted by Crippen LogP contribution is -2.16. The highest BCUT2D eigenvalue weighted by molar-refractivity contribution is 4.94. The van der Waals surface area contributed by atoms with E-state index in [1.54, 1.807) is 7.11 Å². The molecular weight excluding hydrogens is 158 g/mol. The third-order valence-electron chi connectivity index (χ3n) is 2.10. The van der Waals surface area contributed by atoms with Gasteiger partial charge >= 0.3 is 0 Å². The lowest BCUT2D eigenvalue weighted by atomic mass is 10.2. The van der Waals surface area contributed by atoms with E-state index in [-0.39, 0.29) is 12.1 Å². The van der Waals surface area contributed by atoms with Gasteiger partial charge in [0.05, 0.1) is 12.1 Å². The number of nitrogens with zero attached hydrogens (tertiary/aromatic N) is 2. The molecule has 0 saturated carbocycles. The van der Waals surface area contributed by atoms with Gasteiger partial charge in [-0.25, -0.2) is 0 Å². The Labute approximate surface area is 70.1 Å². The van der Waals surface area contributed by atoms with E-state index < -0.39 is 0 Å². The first-order valence-corrected chi connectivity index (χ1v) is 3.93. The van der Waals surface area contributed by atoms with Gasteiger partial charge in [-0.05, 0) is 6.42 Å². The summed E-state index contributed by atoms with van der Waals surface area (Å²) in [6.07, 6.45) is 2.58. The Kier molecular flexibility index (Phi) is 2.05. The molecular formula is C7H11N3O2. The van der Waals surface area contributed by atoms with Crippen LogP contribution < -0.4 is 5.32 Å². The topological polar surface area (TPSA) is 60.2 Å². The van der Waals surface area contributed by atoms with Gasteiger partial charge in [0.1, 0.15) is 0 Å². The van der Waals surface area contributed by atoms with E-state index >= 15 is 0 Å². The van der Waals surface area contributed by atoms with E-state index in [2.05, 4.69) is 15.5 Å². The third kappa shape index (κ3) is 1.33. The van der Waals surface area contributed by atoms with Gasteiger partial charge in [0.25, 0.3) is 0 Å². The molecule has 2 atom stereocenters. The van der Waals surface area contributed by atoms with Crippen molar-refractivity contribution in [3.05, 3.63) is 12.2 Å². The van der Waals surface area contributed by atoms with Crippen LogP contribution in [0.1, 0.15) is 18.4 Å². The van der Waals surface area contributed by atoms with Crippen molar-refractivity contribution in [2.24, 2.45) is 0 Å². The Morgan fingerprint density at radius 2 is 2.67 bits per heavy atom. The van der Waals surface area contributed by atoms with Crippen LogP contribution in [0.4, 0.5) is 0 Å². The molecule has 12 heavy (non-hydrogen) atoms. The number of hydrogen-bond donors (Lipinski definition) is 1. The number of nitrogens with one attached hydrogen (secondary N) is 1. The second-order valence-electron chi connectivity index (χ2n) is 2.83. The summed E-state index contributed by atoms with van der Waals surface area (Å²) in [6, 6.07) is 0.164. The Hall–Kier alpha value is -0.940. The number of ether oxygens (including phenoxy) is 1. The molecule has 0 radical (unpaired) electrons. The maximum Gasteiger partial charge on any atom is 0.243 e. The van der Waals surface area contributed by atoms with Gasteiger partial charge in [-0.1, -0.05) is 5.16 Å². The van der Waals surface area contributed by atoms with Crippen molar-refractivity contribution in [1.82, 2.24) is 15.5 Å². The molecule has 2 heterocycles. The highest BCUT2D eigenvalue weighted by atomic mass is 16.5. The molecule has 1 aromatic heterocycles. The highest BCUT2D eigenvalue weighted by Gasteiger charge is 2.28. The predicted octanol–water partition coefficient (Wildman–Crippen LogP) is 0.119. The van der Waals surface area contributed by atoms with E-state index in [0.717, 1.165) is 13.0 Å². The molecule has 5 heteroatoms. The lowest BCUT2D eigenvalue weighted by molar-refractivity contribution is 0.116. The van der Waals surface area contributed by atoms with Crippen LogP contribution in [0.15, 0.2) is 10.9 Å². The molecule has 0 unspecified atom stereocenters. The largest absolute Gasteiger partial charge is 0.380 e. The summed E-state index contributed by atoms with van der Waals surface area (Å²) >= 11 is 0. The van der Waals surface area contributed by atoms with Gasteiger partial charge in [-0.3, -0.25) is 0 Å². The van der Waals surface area contributed by atoms with E-state index in [4.69, 9.17) is 9.26 Å². The van der Waals surface area contributed by atoms with E-state index in [1.807, 2.05) is 0 Å². The fourth-order valence-electron chi connectivity index (χ4n) is 1.41. The van der Waals surface area contributed by atoms with Crippen molar-refractivity contribution in [2.45, 2.75) is 18.6 Å². The van der Waals surface area contributed by atoms with Gasteiger partial charge in [0, 0.05) is 13.7 Å². The second-order valence-corrected chi connectivity index (χ2v) is 2.83. The van der Waals surface area contributed by atoms with Crippen LogP contribution in [-0.2, 0) is 4.74 Å². The second kappa shape index (κ2) is 3.20. The molecule has 1 aromatic rings. The molecule has 0 bridgehead atoms. The van der Waals surface area contributed by atoms with E-state index in [9.17, 15) is 0 Å². The Bertz CT molecular complexity index is 237. The smallest absolute Gasteiger partial charge is 0.243 e. The van der Waals surface area contributed by atoms with Crippen LogP contribution in [0.3, 0.4) is 0 Å². The summed E-state index contributed by atoms with van der Waals surface area (Å²) in [5.41, 5.74) is 0. The summed E-state index contributed by atoms with van der Waals surface area (Å²) in [5.74, 6) is 0.648. The zero-order valence-electron chi connectivity index (χ0n) is 6.86. The van der Waals surface area contributed by atoms with Gasteiger partial charge in [0.2, 0.25) is 5.89 Å². The quantitative estimate of drug-likeness (QED) is 0.681. The van der Waals surface area contributed by atoms with Gasteiger partial charge in [0.15, 0.2) is 6.33 Å². The van der Waals surface area contributed by atoms with Crippen LogP contribution in [0.5, 0.6) is 0 Å². The Morgan fingerprint density at radius 3 is 3.25 bits per heavy atom. The molecule has 1 saturated heterocycles. The predicted molar refractivity (Wildman–Crippen MR) is 40.5 cm³/mol. The average Bonchev–Trinajstić information content (AvgIpc) is 2.75. The first-order valence-electron chi connectivity index (χ1n) is 3.93. The lowest BCUT2D eigenvalue weighted by Gasteiger charge is -2.03. The standard InChI is InChI=1S/C7H11N3O2/c1-11-5-2-6(8-3-5)7-9-4-10-12-7/h4-6,8H,2-3H2,1H3/t5-,6+/m0/s1.